The number of fused-ring (bicyclic) bond motifs is 1. The highest BCUT2D eigenvalue weighted by Gasteiger charge is 2.07. The molecule has 1 nitrogen and oxygen atoms in total. The third-order valence-corrected chi connectivity index (χ3v) is 3.10. The lowest BCUT2D eigenvalue weighted by molar-refractivity contribution is -0.512. The van der Waals surface area contributed by atoms with Gasteiger partial charge in [0, 0.05) is 29.8 Å². The summed E-state index contributed by atoms with van der Waals surface area (Å²) in [4.78, 5) is 0. The summed E-state index contributed by atoms with van der Waals surface area (Å²) in [7, 11) is -1.28. The molecule has 0 bridgehead atoms. The van der Waals surface area contributed by atoms with Gasteiger partial charge in [-0.2, -0.15) is 4.40 Å². The molecule has 0 aromatic carbocycles. The Morgan fingerprint density at radius 3 is 2.62 bits per heavy atom. The van der Waals surface area contributed by atoms with Crippen LogP contribution in [0.1, 0.15) is 5.56 Å². The van der Waals surface area contributed by atoms with Crippen molar-refractivity contribution in [2.24, 2.45) is 0 Å². The topological polar surface area (TPSA) is 4.10 Å². The highest BCUT2D eigenvalue weighted by Crippen LogP contribution is 2.02. The second-order valence-electron chi connectivity index (χ2n) is 4.95. The number of pyridine rings is 2. The molecular formula is C14H16NSi+. The molecule has 0 saturated heterocycles. The van der Waals surface area contributed by atoms with Gasteiger partial charge in [0.25, 0.3) is 0 Å². The van der Waals surface area contributed by atoms with E-state index in [0.29, 0.717) is 0 Å². The molecule has 0 unspecified atom stereocenters. The van der Waals surface area contributed by atoms with Gasteiger partial charge in [0.1, 0.15) is 8.07 Å². The van der Waals surface area contributed by atoms with E-state index in [4.69, 9.17) is 0 Å². The van der Waals surface area contributed by atoms with Crippen LogP contribution in [0.5, 0.6) is 0 Å². The Morgan fingerprint density at radius 2 is 1.88 bits per heavy atom. The maximum absolute atomic E-state index is 3.38. The van der Waals surface area contributed by atoms with Crippen molar-refractivity contribution in [2.75, 3.05) is 0 Å². The molecule has 0 aliphatic carbocycles. The fraction of sp³-hybridized carbons (Fsp3) is 0.214. The van der Waals surface area contributed by atoms with E-state index in [2.05, 4.69) is 59.9 Å². The molecule has 0 amide bonds. The molecule has 80 valence electrons. The third kappa shape index (κ3) is 2.71. The summed E-state index contributed by atoms with van der Waals surface area (Å²) in [5.74, 6) is 3.28. The van der Waals surface area contributed by atoms with Crippen LogP contribution in [0, 0.1) is 11.5 Å². The Labute approximate surface area is 97.8 Å². The Hall–Kier alpha value is -1.59. The lowest BCUT2D eigenvalue weighted by Crippen LogP contribution is -2.20. The van der Waals surface area contributed by atoms with Gasteiger partial charge in [-0.15, -0.1) is 5.54 Å². The summed E-state index contributed by atoms with van der Waals surface area (Å²) in [6.45, 7) is 6.78. The van der Waals surface area contributed by atoms with Gasteiger partial charge in [0.2, 0.25) is 5.52 Å². The van der Waals surface area contributed by atoms with Crippen molar-refractivity contribution < 1.29 is 4.40 Å². The van der Waals surface area contributed by atoms with Gasteiger partial charge in [-0.3, -0.25) is 0 Å². The Bertz CT molecular complexity index is 570. The predicted octanol–water partition coefficient (Wildman–Crippen LogP) is 2.65. The summed E-state index contributed by atoms with van der Waals surface area (Å²) < 4.78 is 2.10. The van der Waals surface area contributed by atoms with Crippen LogP contribution < -0.4 is 4.40 Å². The van der Waals surface area contributed by atoms with E-state index in [9.17, 15) is 0 Å². The summed E-state index contributed by atoms with van der Waals surface area (Å²) >= 11 is 0. The minimum Gasteiger partial charge on any atom is -0.167 e. The van der Waals surface area contributed by atoms with Gasteiger partial charge in [0.05, 0.1) is 0 Å². The van der Waals surface area contributed by atoms with Crippen molar-refractivity contribution in [3.05, 3.63) is 48.3 Å². The molecule has 0 saturated carbocycles. The van der Waals surface area contributed by atoms with Crippen molar-refractivity contribution in [3.63, 3.8) is 0 Å². The minimum absolute atomic E-state index is 1.11. The maximum Gasteiger partial charge on any atom is 0.211 e. The first-order valence-electron chi connectivity index (χ1n) is 5.48. The highest BCUT2D eigenvalue weighted by molar-refractivity contribution is 6.83. The van der Waals surface area contributed by atoms with E-state index in [1.54, 1.807) is 0 Å². The number of nitrogens with zero attached hydrogens (tertiary/aromatic N) is 1. The molecule has 0 fully saturated rings. The lowest BCUT2D eigenvalue weighted by Gasteiger charge is -2.02. The molecule has 0 aliphatic rings. The molecule has 0 N–H and O–H groups in total. The molecule has 16 heavy (non-hydrogen) atoms. The maximum atomic E-state index is 3.38. The van der Waals surface area contributed by atoms with Gasteiger partial charge in [-0.1, -0.05) is 25.6 Å². The zero-order valence-electron chi connectivity index (χ0n) is 9.99. The van der Waals surface area contributed by atoms with Gasteiger partial charge < -0.3 is 0 Å². The van der Waals surface area contributed by atoms with Crippen LogP contribution in [-0.2, 0) is 0 Å². The van der Waals surface area contributed by atoms with Crippen LogP contribution in [0.25, 0.3) is 5.52 Å². The SMILES string of the molecule is C[Si](C)(C)C#Cc1cc[n+]2ccccc2c1. The Kier molecular flexibility index (Phi) is 2.80. The van der Waals surface area contributed by atoms with Crippen LogP contribution in [0.15, 0.2) is 42.7 Å². The molecule has 0 aliphatic heterocycles. The summed E-state index contributed by atoms with van der Waals surface area (Å²) in [6.07, 6.45) is 4.11. The normalized spacial score (nSPS) is 10.9. The first-order valence-corrected chi connectivity index (χ1v) is 8.98. The Morgan fingerprint density at radius 1 is 1.06 bits per heavy atom. The predicted molar refractivity (Wildman–Crippen MR) is 69.8 cm³/mol. The van der Waals surface area contributed by atoms with E-state index in [-0.39, 0.29) is 0 Å². The van der Waals surface area contributed by atoms with Crippen LogP contribution in [0.2, 0.25) is 19.6 Å². The minimum atomic E-state index is -1.28. The average Bonchev–Trinajstić information content (AvgIpc) is 2.25. The van der Waals surface area contributed by atoms with Gasteiger partial charge >= 0.3 is 0 Å². The zero-order chi connectivity index (χ0) is 11.6. The smallest absolute Gasteiger partial charge is 0.167 e. The quantitative estimate of drug-likeness (QED) is 0.369. The number of hydrogen-bond donors (Lipinski definition) is 0. The molecule has 2 aromatic rings. The molecule has 2 heteroatoms. The molecule has 0 spiro atoms. The molecule has 2 aromatic heterocycles. The summed E-state index contributed by atoms with van der Waals surface area (Å²) in [6, 6.07) is 10.4. The Balaban J connectivity index is 2.43. The van der Waals surface area contributed by atoms with Crippen molar-refractivity contribution in [2.45, 2.75) is 19.6 Å². The van der Waals surface area contributed by atoms with Crippen LogP contribution in [0.3, 0.4) is 0 Å². The number of hydrogen-bond acceptors (Lipinski definition) is 0. The third-order valence-electron chi connectivity index (χ3n) is 2.22. The second kappa shape index (κ2) is 4.11. The van der Waals surface area contributed by atoms with Crippen LogP contribution >= 0.6 is 0 Å². The van der Waals surface area contributed by atoms with Gasteiger partial charge in [-0.25, -0.2) is 0 Å². The van der Waals surface area contributed by atoms with E-state index in [1.165, 1.54) is 5.52 Å². The first kappa shape index (κ1) is 10.9. The van der Waals surface area contributed by atoms with Gasteiger partial charge in [-0.05, 0) is 6.07 Å². The van der Waals surface area contributed by atoms with E-state index < -0.39 is 8.07 Å². The fourth-order valence-electron chi connectivity index (χ4n) is 1.43. The molecule has 2 rings (SSSR count). The van der Waals surface area contributed by atoms with Crippen molar-refractivity contribution >= 4 is 13.6 Å². The van der Waals surface area contributed by atoms with E-state index in [0.717, 1.165) is 5.56 Å². The van der Waals surface area contributed by atoms with Crippen molar-refractivity contribution in [1.82, 2.24) is 0 Å². The van der Waals surface area contributed by atoms with Crippen molar-refractivity contribution in [1.29, 1.82) is 0 Å². The standard InChI is InChI=1S/C14H16NSi/c1-16(2,3)11-8-13-7-10-15-9-5-4-6-14(15)12-13/h4-7,9-10,12H,1-3H3/q+1. The molecule has 2 heterocycles. The van der Waals surface area contributed by atoms with Crippen molar-refractivity contribution in [3.8, 4) is 11.5 Å². The van der Waals surface area contributed by atoms with Gasteiger partial charge in [0.15, 0.2) is 12.4 Å². The summed E-state index contributed by atoms with van der Waals surface area (Å²) in [5, 5.41) is 0. The molecule has 0 atom stereocenters. The second-order valence-corrected chi connectivity index (χ2v) is 9.70. The zero-order valence-corrected chi connectivity index (χ0v) is 11.0. The number of rotatable bonds is 0. The fourth-order valence-corrected chi connectivity index (χ4v) is 1.95. The summed E-state index contributed by atoms with van der Waals surface area (Å²) in [5.41, 5.74) is 5.67. The molecule has 0 radical (unpaired) electrons. The largest absolute Gasteiger partial charge is 0.211 e. The lowest BCUT2D eigenvalue weighted by atomic mass is 10.2. The van der Waals surface area contributed by atoms with E-state index >= 15 is 0 Å². The highest BCUT2D eigenvalue weighted by atomic mass is 28.3. The monoisotopic (exact) mass is 226 g/mol. The van der Waals surface area contributed by atoms with Crippen LogP contribution in [0.4, 0.5) is 0 Å². The number of aromatic nitrogens is 1. The molecular weight excluding hydrogens is 210 g/mol. The first-order chi connectivity index (χ1) is 7.54. The van der Waals surface area contributed by atoms with Crippen LogP contribution in [-0.4, -0.2) is 8.07 Å². The van der Waals surface area contributed by atoms with E-state index in [1.807, 2.05) is 18.3 Å². The average molecular weight is 226 g/mol.